The van der Waals surface area contributed by atoms with Gasteiger partial charge in [-0.2, -0.15) is 0 Å². The summed E-state index contributed by atoms with van der Waals surface area (Å²) in [6.07, 6.45) is 0. The molecule has 0 bridgehead atoms. The fourth-order valence-electron chi connectivity index (χ4n) is 2.71. The number of benzene rings is 2. The number of rotatable bonds is 4. The second-order valence-electron chi connectivity index (χ2n) is 5.74. The molecule has 128 valence electrons. The summed E-state index contributed by atoms with van der Waals surface area (Å²) in [5, 5.41) is 0.364. The first-order valence-electron chi connectivity index (χ1n) is 8.02. The van der Waals surface area contributed by atoms with E-state index >= 15 is 0 Å². The lowest BCUT2D eigenvalue weighted by Gasteiger charge is -2.11. The molecule has 1 aromatic heterocycles. The molecule has 0 fully saturated rings. The van der Waals surface area contributed by atoms with Gasteiger partial charge >= 0.3 is 5.97 Å². The van der Waals surface area contributed by atoms with Crippen molar-refractivity contribution in [2.75, 3.05) is 12.3 Å². The third kappa shape index (κ3) is 3.39. The first kappa shape index (κ1) is 17.1. The Morgan fingerprint density at radius 3 is 2.20 bits per heavy atom. The average Bonchev–Trinajstić information content (AvgIpc) is 2.90. The summed E-state index contributed by atoms with van der Waals surface area (Å²) in [6.45, 7) is 4.08. The van der Waals surface area contributed by atoms with Crippen molar-refractivity contribution in [1.29, 1.82) is 0 Å². The smallest absolute Gasteiger partial charge is 0.357 e. The van der Waals surface area contributed by atoms with Crippen LogP contribution in [0.25, 0.3) is 16.8 Å². The first-order valence-corrected chi connectivity index (χ1v) is 8.40. The Balaban J connectivity index is 2.00. The van der Waals surface area contributed by atoms with Crippen molar-refractivity contribution in [2.24, 2.45) is 0 Å². The van der Waals surface area contributed by atoms with E-state index in [1.807, 2.05) is 24.3 Å². The van der Waals surface area contributed by atoms with E-state index in [0.717, 1.165) is 16.8 Å². The Morgan fingerprint density at radius 2 is 1.64 bits per heavy atom. The number of carbonyl (C=O) groups excluding carboxylic acids is 1. The van der Waals surface area contributed by atoms with Crippen molar-refractivity contribution in [3.8, 4) is 16.8 Å². The van der Waals surface area contributed by atoms with Crippen molar-refractivity contribution in [3.63, 3.8) is 0 Å². The number of esters is 1. The van der Waals surface area contributed by atoms with Crippen LogP contribution in [-0.4, -0.2) is 17.1 Å². The maximum Gasteiger partial charge on any atom is 0.357 e. The number of aromatic nitrogens is 1. The van der Waals surface area contributed by atoms with Gasteiger partial charge in [0.05, 0.1) is 12.3 Å². The van der Waals surface area contributed by atoms with Crippen LogP contribution >= 0.6 is 11.6 Å². The molecule has 0 aliphatic carbocycles. The second-order valence-corrected chi connectivity index (χ2v) is 6.13. The number of anilines is 1. The van der Waals surface area contributed by atoms with Gasteiger partial charge in [0.2, 0.25) is 0 Å². The molecule has 0 amide bonds. The van der Waals surface area contributed by atoms with Gasteiger partial charge in [-0.3, -0.25) is 4.57 Å². The summed E-state index contributed by atoms with van der Waals surface area (Å²) < 4.78 is 6.70. The number of nitrogens with two attached hydrogens (primary N) is 1. The highest BCUT2D eigenvalue weighted by atomic mass is 35.5. The zero-order valence-corrected chi connectivity index (χ0v) is 14.9. The summed E-state index contributed by atoms with van der Waals surface area (Å²) in [4.78, 5) is 12.2. The summed E-state index contributed by atoms with van der Waals surface area (Å²) >= 11 is 6.28. The van der Waals surface area contributed by atoms with Crippen LogP contribution in [0.5, 0.6) is 0 Å². The van der Waals surface area contributed by atoms with Crippen molar-refractivity contribution in [2.45, 2.75) is 13.8 Å². The maximum absolute atomic E-state index is 12.2. The van der Waals surface area contributed by atoms with Gasteiger partial charge < -0.3 is 10.5 Å². The quantitative estimate of drug-likeness (QED) is 0.680. The van der Waals surface area contributed by atoms with E-state index in [9.17, 15) is 4.79 Å². The molecule has 1 heterocycles. The molecule has 4 nitrogen and oxygen atoms in total. The number of nitrogen functional groups attached to an aromatic ring is 1. The molecule has 0 saturated heterocycles. The van der Waals surface area contributed by atoms with E-state index in [4.69, 9.17) is 22.1 Å². The minimum Gasteiger partial charge on any atom is -0.461 e. The van der Waals surface area contributed by atoms with Gasteiger partial charge in [0.15, 0.2) is 5.69 Å². The van der Waals surface area contributed by atoms with Gasteiger partial charge in [0.25, 0.3) is 0 Å². The average molecular weight is 355 g/mol. The highest BCUT2D eigenvalue weighted by Gasteiger charge is 2.21. The van der Waals surface area contributed by atoms with Crippen molar-refractivity contribution < 1.29 is 9.53 Å². The molecule has 3 aromatic rings. The molecular formula is C20H19ClN2O2. The number of aryl methyl sites for hydroxylation is 1. The van der Waals surface area contributed by atoms with Crippen LogP contribution in [0.3, 0.4) is 0 Å². The maximum atomic E-state index is 12.2. The minimum absolute atomic E-state index is 0.245. The van der Waals surface area contributed by atoms with Gasteiger partial charge in [0.1, 0.15) is 5.15 Å². The van der Waals surface area contributed by atoms with Crippen LogP contribution in [0, 0.1) is 6.92 Å². The van der Waals surface area contributed by atoms with E-state index in [1.165, 1.54) is 5.56 Å². The zero-order chi connectivity index (χ0) is 18.0. The molecule has 0 atom stereocenters. The van der Waals surface area contributed by atoms with E-state index in [2.05, 4.69) is 31.2 Å². The Kier molecular flexibility index (Phi) is 4.81. The molecule has 0 spiro atoms. The van der Waals surface area contributed by atoms with Crippen LogP contribution in [0.4, 0.5) is 5.69 Å². The van der Waals surface area contributed by atoms with Crippen LogP contribution in [-0.2, 0) is 4.74 Å². The molecule has 0 aliphatic rings. The van der Waals surface area contributed by atoms with E-state index < -0.39 is 5.97 Å². The van der Waals surface area contributed by atoms with Crippen LogP contribution in [0.2, 0.25) is 5.15 Å². The monoisotopic (exact) mass is 354 g/mol. The second kappa shape index (κ2) is 7.03. The lowest BCUT2D eigenvalue weighted by molar-refractivity contribution is 0.0518. The molecule has 2 N–H and O–H groups in total. The third-order valence-electron chi connectivity index (χ3n) is 3.96. The highest BCUT2D eigenvalue weighted by Crippen LogP contribution is 2.29. The number of nitrogens with zero attached hydrogens (tertiary/aromatic N) is 1. The largest absolute Gasteiger partial charge is 0.461 e. The van der Waals surface area contributed by atoms with Gasteiger partial charge in [-0.05, 0) is 43.2 Å². The van der Waals surface area contributed by atoms with Gasteiger partial charge in [-0.1, -0.05) is 53.6 Å². The summed E-state index contributed by atoms with van der Waals surface area (Å²) in [5.41, 5.74) is 10.7. The molecule has 0 aliphatic heterocycles. The number of ether oxygens (including phenoxy) is 1. The van der Waals surface area contributed by atoms with Gasteiger partial charge in [-0.25, -0.2) is 4.79 Å². The van der Waals surface area contributed by atoms with E-state index in [-0.39, 0.29) is 12.3 Å². The predicted octanol–water partition coefficient (Wildman–Crippen LogP) is 4.87. The Labute approximate surface area is 151 Å². The number of hydrogen-bond acceptors (Lipinski definition) is 3. The Morgan fingerprint density at radius 1 is 1.08 bits per heavy atom. The van der Waals surface area contributed by atoms with E-state index in [1.54, 1.807) is 17.6 Å². The molecule has 25 heavy (non-hydrogen) atoms. The lowest BCUT2D eigenvalue weighted by atomic mass is 10.0. The van der Waals surface area contributed by atoms with Crippen LogP contribution < -0.4 is 5.73 Å². The minimum atomic E-state index is -0.491. The van der Waals surface area contributed by atoms with Gasteiger partial charge in [0, 0.05) is 5.69 Å². The normalized spacial score (nSPS) is 10.7. The highest BCUT2D eigenvalue weighted by molar-refractivity contribution is 6.30. The van der Waals surface area contributed by atoms with Crippen LogP contribution in [0.15, 0.2) is 54.6 Å². The number of hydrogen-bond donors (Lipinski definition) is 1. The van der Waals surface area contributed by atoms with Crippen molar-refractivity contribution >= 4 is 23.3 Å². The predicted molar refractivity (Wildman–Crippen MR) is 101 cm³/mol. The Bertz CT molecular complexity index is 897. The molecule has 0 unspecified atom stereocenters. The lowest BCUT2D eigenvalue weighted by Crippen LogP contribution is -2.13. The van der Waals surface area contributed by atoms with Crippen molar-refractivity contribution in [1.82, 2.24) is 4.57 Å². The van der Waals surface area contributed by atoms with E-state index in [0.29, 0.717) is 10.8 Å². The van der Waals surface area contributed by atoms with Crippen LogP contribution in [0.1, 0.15) is 23.0 Å². The fraction of sp³-hybridized carbons (Fsp3) is 0.150. The Hall–Kier alpha value is -2.72. The SMILES string of the molecule is CCOC(=O)c1c(N)cc(Cl)n1-c1ccc(-c2ccc(C)cc2)cc1. The fourth-order valence-corrected chi connectivity index (χ4v) is 3.01. The summed E-state index contributed by atoms with van der Waals surface area (Å²) in [5.74, 6) is -0.491. The summed E-state index contributed by atoms with van der Waals surface area (Å²) in [7, 11) is 0. The topological polar surface area (TPSA) is 57.2 Å². The van der Waals surface area contributed by atoms with Gasteiger partial charge in [-0.15, -0.1) is 0 Å². The number of carbonyl (C=O) groups is 1. The molecule has 3 rings (SSSR count). The molecular weight excluding hydrogens is 336 g/mol. The molecule has 0 saturated carbocycles. The number of halogens is 1. The first-order chi connectivity index (χ1) is 12.0. The molecule has 5 heteroatoms. The van der Waals surface area contributed by atoms with Crippen molar-refractivity contribution in [3.05, 3.63) is 71.0 Å². The zero-order valence-electron chi connectivity index (χ0n) is 14.1. The third-order valence-corrected chi connectivity index (χ3v) is 4.24. The summed E-state index contributed by atoms with van der Waals surface area (Å²) in [6, 6.07) is 17.7. The molecule has 2 aromatic carbocycles. The molecule has 0 radical (unpaired) electrons. The standard InChI is InChI=1S/C20H19ClN2O2/c1-3-25-20(24)19-17(22)12-18(21)23(19)16-10-8-15(9-11-16)14-6-4-13(2)5-7-14/h4-12H,3,22H2,1-2H3.